The van der Waals surface area contributed by atoms with E-state index in [1.807, 2.05) is 38.1 Å². The van der Waals surface area contributed by atoms with E-state index in [2.05, 4.69) is 44.0 Å². The Morgan fingerprint density at radius 2 is 1.88 bits per heavy atom. The molecule has 6 heteroatoms. The topological polar surface area (TPSA) is 62.7 Å². The molecule has 0 aliphatic rings. The van der Waals surface area contributed by atoms with Gasteiger partial charge in [-0.15, -0.1) is 5.10 Å². The summed E-state index contributed by atoms with van der Waals surface area (Å²) in [4.78, 5) is 4.45. The van der Waals surface area contributed by atoms with Crippen LogP contribution in [0.4, 0.5) is 17.5 Å². The number of hydrogen-bond donors (Lipinski definition) is 2. The molecule has 3 aromatic rings. The van der Waals surface area contributed by atoms with Crippen LogP contribution < -0.4 is 10.6 Å². The minimum Gasteiger partial charge on any atom is -0.353 e. The monoisotopic (exact) mass is 353 g/mol. The van der Waals surface area contributed by atoms with Gasteiger partial charge in [0.25, 0.3) is 0 Å². The highest BCUT2D eigenvalue weighted by Crippen LogP contribution is 2.29. The fourth-order valence-corrected chi connectivity index (χ4v) is 2.97. The molecule has 0 bridgehead atoms. The Balaban J connectivity index is 1.65. The highest BCUT2D eigenvalue weighted by atomic mass is 35.5. The maximum Gasteiger partial charge on any atom is 0.244 e. The molecule has 0 fully saturated rings. The number of anilines is 3. The Kier molecular flexibility index (Phi) is 5.46. The molecular formula is C19H20ClN5. The van der Waals surface area contributed by atoms with E-state index in [9.17, 15) is 0 Å². The van der Waals surface area contributed by atoms with E-state index in [1.165, 1.54) is 5.56 Å². The summed E-state index contributed by atoms with van der Waals surface area (Å²) < 4.78 is 0. The van der Waals surface area contributed by atoms with Crippen molar-refractivity contribution in [1.82, 2.24) is 15.2 Å². The van der Waals surface area contributed by atoms with Gasteiger partial charge in [-0.2, -0.15) is 10.1 Å². The average molecular weight is 354 g/mol. The van der Waals surface area contributed by atoms with E-state index in [0.29, 0.717) is 16.8 Å². The second-order valence-corrected chi connectivity index (χ2v) is 6.30. The lowest BCUT2D eigenvalue weighted by molar-refractivity contribution is 0.929. The van der Waals surface area contributed by atoms with Gasteiger partial charge < -0.3 is 10.6 Å². The van der Waals surface area contributed by atoms with Crippen LogP contribution in [0, 0.1) is 13.8 Å². The van der Waals surface area contributed by atoms with Gasteiger partial charge >= 0.3 is 0 Å². The number of aryl methyl sites for hydroxylation is 2. The van der Waals surface area contributed by atoms with Crippen molar-refractivity contribution < 1.29 is 0 Å². The smallest absolute Gasteiger partial charge is 0.244 e. The van der Waals surface area contributed by atoms with Crippen LogP contribution in [0.5, 0.6) is 0 Å². The Bertz CT molecular complexity index is 828. The number of nitrogens with one attached hydrogen (secondary N) is 2. The molecule has 0 atom stereocenters. The third-order valence-electron chi connectivity index (χ3n) is 3.78. The minimum absolute atomic E-state index is 0.488. The lowest BCUT2D eigenvalue weighted by Crippen LogP contribution is -2.10. The van der Waals surface area contributed by atoms with Crippen molar-refractivity contribution in [2.75, 3.05) is 17.2 Å². The first-order valence-corrected chi connectivity index (χ1v) is 8.51. The number of aromatic nitrogens is 3. The average Bonchev–Trinajstić information content (AvgIpc) is 2.59. The van der Waals surface area contributed by atoms with Gasteiger partial charge in [0.2, 0.25) is 5.95 Å². The normalized spacial score (nSPS) is 10.5. The van der Waals surface area contributed by atoms with E-state index in [-0.39, 0.29) is 0 Å². The number of hydrogen-bond acceptors (Lipinski definition) is 5. The first-order valence-electron chi connectivity index (χ1n) is 8.13. The zero-order valence-corrected chi connectivity index (χ0v) is 15.0. The highest BCUT2D eigenvalue weighted by Gasteiger charge is 2.08. The lowest BCUT2D eigenvalue weighted by atomic mass is 10.1. The summed E-state index contributed by atoms with van der Waals surface area (Å²) in [6, 6.07) is 14.3. The predicted molar refractivity (Wildman–Crippen MR) is 103 cm³/mol. The van der Waals surface area contributed by atoms with Gasteiger partial charge in [-0.25, -0.2) is 0 Å². The maximum atomic E-state index is 6.33. The molecule has 25 heavy (non-hydrogen) atoms. The predicted octanol–water partition coefficient (Wildman–Crippen LogP) is 4.54. The summed E-state index contributed by atoms with van der Waals surface area (Å²) in [6.45, 7) is 4.76. The molecule has 2 aromatic carbocycles. The maximum absolute atomic E-state index is 6.33. The largest absolute Gasteiger partial charge is 0.353 e. The van der Waals surface area contributed by atoms with Crippen molar-refractivity contribution in [3.05, 3.63) is 70.4 Å². The van der Waals surface area contributed by atoms with E-state index in [0.717, 1.165) is 29.8 Å². The van der Waals surface area contributed by atoms with Gasteiger partial charge in [-0.05, 0) is 43.0 Å². The number of rotatable bonds is 6. The molecule has 0 amide bonds. The van der Waals surface area contributed by atoms with Gasteiger partial charge in [0, 0.05) is 6.54 Å². The molecule has 0 saturated carbocycles. The second-order valence-electron chi connectivity index (χ2n) is 5.89. The standard InChI is InChI=1S/C19H20ClN5/c1-13-10-14(2)18(16(20)11-13)23-17-12-22-25-19(24-17)21-9-8-15-6-4-3-5-7-15/h3-7,10-12H,8-9H2,1-2H3,(H2,21,23,24,25). The molecule has 0 unspecified atom stereocenters. The van der Waals surface area contributed by atoms with Gasteiger partial charge in [-0.1, -0.05) is 48.0 Å². The first kappa shape index (κ1) is 17.2. The number of benzene rings is 2. The van der Waals surface area contributed by atoms with Crippen LogP contribution in [0.25, 0.3) is 0 Å². The van der Waals surface area contributed by atoms with Crippen LogP contribution in [-0.4, -0.2) is 21.7 Å². The number of nitrogens with zero attached hydrogens (tertiary/aromatic N) is 3. The third kappa shape index (κ3) is 4.67. The zero-order valence-electron chi connectivity index (χ0n) is 14.3. The Morgan fingerprint density at radius 1 is 1.08 bits per heavy atom. The van der Waals surface area contributed by atoms with E-state index in [1.54, 1.807) is 6.20 Å². The third-order valence-corrected chi connectivity index (χ3v) is 4.08. The molecule has 0 aliphatic carbocycles. The molecule has 1 heterocycles. The van der Waals surface area contributed by atoms with Gasteiger partial charge in [-0.3, -0.25) is 0 Å². The van der Waals surface area contributed by atoms with Crippen molar-refractivity contribution in [1.29, 1.82) is 0 Å². The molecule has 0 spiro atoms. The first-order chi connectivity index (χ1) is 12.1. The van der Waals surface area contributed by atoms with Crippen LogP contribution in [0.3, 0.4) is 0 Å². The van der Waals surface area contributed by atoms with E-state index < -0.39 is 0 Å². The van der Waals surface area contributed by atoms with Crippen molar-refractivity contribution in [2.45, 2.75) is 20.3 Å². The second kappa shape index (κ2) is 7.94. The van der Waals surface area contributed by atoms with Crippen LogP contribution in [0.1, 0.15) is 16.7 Å². The van der Waals surface area contributed by atoms with Crippen molar-refractivity contribution in [2.24, 2.45) is 0 Å². The Labute approximate surface area is 152 Å². The van der Waals surface area contributed by atoms with Crippen LogP contribution in [-0.2, 0) is 6.42 Å². The summed E-state index contributed by atoms with van der Waals surface area (Å²) in [5.41, 5.74) is 4.28. The molecule has 1 aromatic heterocycles. The number of halogens is 1. The zero-order chi connectivity index (χ0) is 17.6. The van der Waals surface area contributed by atoms with Gasteiger partial charge in [0.05, 0.1) is 16.9 Å². The van der Waals surface area contributed by atoms with E-state index >= 15 is 0 Å². The lowest BCUT2D eigenvalue weighted by Gasteiger charge is -2.12. The molecule has 2 N–H and O–H groups in total. The summed E-state index contributed by atoms with van der Waals surface area (Å²) >= 11 is 6.33. The quantitative estimate of drug-likeness (QED) is 0.681. The van der Waals surface area contributed by atoms with Crippen LogP contribution in [0.15, 0.2) is 48.7 Å². The molecular weight excluding hydrogens is 334 g/mol. The van der Waals surface area contributed by atoms with Crippen LogP contribution in [0.2, 0.25) is 5.02 Å². The van der Waals surface area contributed by atoms with Gasteiger partial charge in [0.1, 0.15) is 0 Å². The van der Waals surface area contributed by atoms with Crippen molar-refractivity contribution in [3.63, 3.8) is 0 Å². The molecule has 5 nitrogen and oxygen atoms in total. The molecule has 0 radical (unpaired) electrons. The Hall–Kier alpha value is -2.66. The summed E-state index contributed by atoms with van der Waals surface area (Å²) in [5.74, 6) is 1.09. The molecule has 0 aliphatic heterocycles. The SMILES string of the molecule is Cc1cc(C)c(Nc2cnnc(NCCc3ccccc3)n2)c(Cl)c1. The summed E-state index contributed by atoms with van der Waals surface area (Å²) in [7, 11) is 0. The molecule has 0 saturated heterocycles. The van der Waals surface area contributed by atoms with Crippen molar-refractivity contribution in [3.8, 4) is 0 Å². The minimum atomic E-state index is 0.488. The summed E-state index contributed by atoms with van der Waals surface area (Å²) in [5, 5.41) is 15.1. The van der Waals surface area contributed by atoms with E-state index in [4.69, 9.17) is 11.6 Å². The molecule has 3 rings (SSSR count). The summed E-state index contributed by atoms with van der Waals surface area (Å²) in [6.07, 6.45) is 2.47. The fraction of sp³-hybridized carbons (Fsp3) is 0.211. The fourth-order valence-electron chi connectivity index (χ4n) is 2.60. The van der Waals surface area contributed by atoms with Crippen molar-refractivity contribution >= 4 is 29.1 Å². The van der Waals surface area contributed by atoms with Crippen LogP contribution >= 0.6 is 11.6 Å². The van der Waals surface area contributed by atoms with Gasteiger partial charge in [0.15, 0.2) is 5.82 Å². The molecule has 128 valence electrons. The Morgan fingerprint density at radius 3 is 2.64 bits per heavy atom. The highest BCUT2D eigenvalue weighted by molar-refractivity contribution is 6.33.